The first-order chi connectivity index (χ1) is 10.5. The summed E-state index contributed by atoms with van der Waals surface area (Å²) in [6, 6.07) is 6.40. The van der Waals surface area contributed by atoms with E-state index in [1.165, 1.54) is 63.4 Å². The highest BCUT2D eigenvalue weighted by atomic mass is 127. The minimum atomic E-state index is 0.523. The molecule has 0 saturated heterocycles. The number of benzene rings is 1. The normalized spacial score (nSPS) is 20.8. The average molecular weight is 412 g/mol. The average Bonchev–Trinajstić information content (AvgIpc) is 3.41. The predicted molar refractivity (Wildman–Crippen MR) is 102 cm³/mol. The highest BCUT2D eigenvalue weighted by Crippen LogP contribution is 2.52. The Morgan fingerprint density at radius 1 is 1.05 bits per heavy atom. The zero-order valence-corrected chi connectivity index (χ0v) is 16.0. The van der Waals surface area contributed by atoms with Crippen LogP contribution in [-0.2, 0) is 12.8 Å². The fourth-order valence-corrected chi connectivity index (χ4v) is 4.23. The van der Waals surface area contributed by atoms with Crippen molar-refractivity contribution >= 4 is 22.6 Å². The Morgan fingerprint density at radius 3 is 2.36 bits per heavy atom. The molecule has 2 fully saturated rings. The van der Waals surface area contributed by atoms with Crippen molar-refractivity contribution in [3.63, 3.8) is 0 Å². The van der Waals surface area contributed by atoms with Crippen molar-refractivity contribution in [3.8, 4) is 5.75 Å². The maximum Gasteiger partial charge on any atom is 0.119 e. The van der Waals surface area contributed by atoms with Gasteiger partial charge in [0.05, 0.1) is 0 Å². The SMILES string of the molecule is CCC1(CCCc2ccc(CCCC3(I)CC3)cc2O)CC1. The Bertz CT molecular complexity index is 514. The van der Waals surface area contributed by atoms with E-state index in [1.54, 1.807) is 0 Å². The second-order valence-electron chi connectivity index (χ2n) is 7.67. The van der Waals surface area contributed by atoms with E-state index >= 15 is 0 Å². The summed E-state index contributed by atoms with van der Waals surface area (Å²) >= 11 is 2.62. The van der Waals surface area contributed by atoms with Crippen LogP contribution in [0.15, 0.2) is 18.2 Å². The van der Waals surface area contributed by atoms with Gasteiger partial charge in [0, 0.05) is 3.42 Å². The third-order valence-electron chi connectivity index (χ3n) is 5.89. The number of hydrogen-bond donors (Lipinski definition) is 1. The van der Waals surface area contributed by atoms with Crippen LogP contribution >= 0.6 is 22.6 Å². The highest BCUT2D eigenvalue weighted by molar-refractivity contribution is 14.1. The molecule has 0 unspecified atom stereocenters. The molecule has 1 aromatic carbocycles. The van der Waals surface area contributed by atoms with E-state index in [9.17, 15) is 5.11 Å². The quantitative estimate of drug-likeness (QED) is 0.379. The lowest BCUT2D eigenvalue weighted by molar-refractivity contribution is 0.427. The molecular weight excluding hydrogens is 383 g/mol. The summed E-state index contributed by atoms with van der Waals surface area (Å²) in [5.41, 5.74) is 3.12. The van der Waals surface area contributed by atoms with Gasteiger partial charge in [0.1, 0.15) is 5.75 Å². The maximum absolute atomic E-state index is 10.3. The Balaban J connectivity index is 1.44. The van der Waals surface area contributed by atoms with Gasteiger partial charge < -0.3 is 5.11 Å². The van der Waals surface area contributed by atoms with Gasteiger partial charge in [-0.1, -0.05) is 48.1 Å². The van der Waals surface area contributed by atoms with Gasteiger partial charge in [-0.15, -0.1) is 0 Å². The first-order valence-electron chi connectivity index (χ1n) is 9.04. The molecule has 0 aliphatic heterocycles. The molecule has 0 radical (unpaired) electrons. The van der Waals surface area contributed by atoms with Gasteiger partial charge in [-0.25, -0.2) is 0 Å². The summed E-state index contributed by atoms with van der Waals surface area (Å²) in [6.07, 6.45) is 14.3. The van der Waals surface area contributed by atoms with Crippen molar-refractivity contribution in [1.82, 2.24) is 0 Å². The van der Waals surface area contributed by atoms with Crippen molar-refractivity contribution < 1.29 is 5.11 Å². The van der Waals surface area contributed by atoms with E-state index in [2.05, 4.69) is 41.6 Å². The number of hydrogen-bond acceptors (Lipinski definition) is 1. The Kier molecular flexibility index (Phi) is 5.06. The molecule has 1 N–H and O–H groups in total. The van der Waals surface area contributed by atoms with Gasteiger partial charge in [0.25, 0.3) is 0 Å². The summed E-state index contributed by atoms with van der Waals surface area (Å²) in [5, 5.41) is 10.3. The van der Waals surface area contributed by atoms with Gasteiger partial charge in [-0.05, 0) is 86.8 Å². The molecule has 2 saturated carbocycles. The van der Waals surface area contributed by atoms with Gasteiger partial charge in [0.2, 0.25) is 0 Å². The van der Waals surface area contributed by atoms with Crippen molar-refractivity contribution in [2.75, 3.05) is 0 Å². The van der Waals surface area contributed by atoms with Crippen molar-refractivity contribution in [2.45, 2.75) is 81.0 Å². The van der Waals surface area contributed by atoms with E-state index in [0.717, 1.165) is 18.4 Å². The monoisotopic (exact) mass is 412 g/mol. The minimum Gasteiger partial charge on any atom is -0.508 e. The topological polar surface area (TPSA) is 20.2 Å². The number of alkyl halides is 1. The molecule has 0 heterocycles. The lowest BCUT2D eigenvalue weighted by Crippen LogP contribution is -2.00. The van der Waals surface area contributed by atoms with Crippen LogP contribution in [-0.4, -0.2) is 8.53 Å². The molecule has 0 spiro atoms. The molecule has 0 bridgehead atoms. The zero-order valence-electron chi connectivity index (χ0n) is 13.8. The van der Waals surface area contributed by atoms with Crippen LogP contribution in [0.4, 0.5) is 0 Å². The number of aromatic hydroxyl groups is 1. The number of halogens is 1. The summed E-state index contributed by atoms with van der Waals surface area (Å²) in [6.45, 7) is 2.32. The van der Waals surface area contributed by atoms with Crippen molar-refractivity contribution in [3.05, 3.63) is 29.3 Å². The first-order valence-corrected chi connectivity index (χ1v) is 10.1. The van der Waals surface area contributed by atoms with Crippen molar-refractivity contribution in [2.24, 2.45) is 5.41 Å². The van der Waals surface area contributed by atoms with Crippen LogP contribution in [0.2, 0.25) is 0 Å². The van der Waals surface area contributed by atoms with E-state index in [1.807, 2.05) is 6.07 Å². The maximum atomic E-state index is 10.3. The second kappa shape index (κ2) is 6.70. The third-order valence-corrected chi connectivity index (χ3v) is 7.51. The Morgan fingerprint density at radius 2 is 1.77 bits per heavy atom. The summed E-state index contributed by atoms with van der Waals surface area (Å²) in [5.74, 6) is 0.523. The molecule has 2 aliphatic rings. The molecule has 22 heavy (non-hydrogen) atoms. The molecule has 0 aromatic heterocycles. The van der Waals surface area contributed by atoms with Crippen molar-refractivity contribution in [1.29, 1.82) is 0 Å². The van der Waals surface area contributed by atoms with Crippen LogP contribution in [0, 0.1) is 5.41 Å². The van der Waals surface area contributed by atoms with Crippen LogP contribution in [0.3, 0.4) is 0 Å². The molecule has 122 valence electrons. The van der Waals surface area contributed by atoms with Crippen LogP contribution in [0.1, 0.15) is 75.8 Å². The van der Waals surface area contributed by atoms with Gasteiger partial charge in [-0.3, -0.25) is 0 Å². The summed E-state index contributed by atoms with van der Waals surface area (Å²) in [4.78, 5) is 0. The molecule has 0 atom stereocenters. The number of aryl methyl sites for hydroxylation is 2. The van der Waals surface area contributed by atoms with E-state index in [0.29, 0.717) is 14.6 Å². The van der Waals surface area contributed by atoms with Gasteiger partial charge >= 0.3 is 0 Å². The Hall–Kier alpha value is -0.250. The minimum absolute atomic E-state index is 0.523. The fraction of sp³-hybridized carbons (Fsp3) is 0.700. The summed E-state index contributed by atoms with van der Waals surface area (Å²) in [7, 11) is 0. The van der Waals surface area contributed by atoms with Crippen LogP contribution < -0.4 is 0 Å². The van der Waals surface area contributed by atoms with E-state index < -0.39 is 0 Å². The van der Waals surface area contributed by atoms with Gasteiger partial charge in [0.15, 0.2) is 0 Å². The Labute approximate surface area is 149 Å². The van der Waals surface area contributed by atoms with E-state index in [-0.39, 0.29) is 0 Å². The number of phenols is 1. The standard InChI is InChI=1S/C20H29IO/c1-2-19(11-12-19)9-4-6-17-8-7-16(15-18(17)22)5-3-10-20(21)13-14-20/h7-8,15,22H,2-6,9-14H2,1H3. The molecule has 1 nitrogen and oxygen atoms in total. The molecule has 3 rings (SSSR count). The van der Waals surface area contributed by atoms with Crippen LogP contribution in [0.5, 0.6) is 5.75 Å². The third kappa shape index (κ3) is 4.39. The molecule has 2 aliphatic carbocycles. The zero-order chi connectivity index (χ0) is 15.6. The molecule has 2 heteroatoms. The predicted octanol–water partition coefficient (Wildman–Crippen LogP) is 6.20. The lowest BCUT2D eigenvalue weighted by atomic mass is 9.94. The first kappa shape index (κ1) is 16.6. The molecule has 1 aromatic rings. The van der Waals surface area contributed by atoms with Gasteiger partial charge in [-0.2, -0.15) is 0 Å². The number of rotatable bonds is 9. The summed E-state index contributed by atoms with van der Waals surface area (Å²) < 4.78 is 0.623. The smallest absolute Gasteiger partial charge is 0.119 e. The number of phenolic OH excluding ortho intramolecular Hbond substituents is 1. The lowest BCUT2D eigenvalue weighted by Gasteiger charge is -2.13. The molecule has 0 amide bonds. The van der Waals surface area contributed by atoms with Crippen LogP contribution in [0.25, 0.3) is 0 Å². The largest absolute Gasteiger partial charge is 0.508 e. The molecular formula is C20H29IO. The highest BCUT2D eigenvalue weighted by Gasteiger charge is 2.39. The fourth-order valence-electron chi connectivity index (χ4n) is 3.58. The van der Waals surface area contributed by atoms with E-state index in [4.69, 9.17) is 0 Å². The second-order valence-corrected chi connectivity index (χ2v) is 9.96.